The fourth-order valence-corrected chi connectivity index (χ4v) is 3.82. The van der Waals surface area contributed by atoms with Crippen molar-refractivity contribution in [3.8, 4) is 0 Å². The third-order valence-electron chi connectivity index (χ3n) is 5.25. The number of nitrogens with one attached hydrogen (secondary N) is 2. The van der Waals surface area contributed by atoms with E-state index in [1.54, 1.807) is 24.3 Å². The number of carbonyl (C=O) groups is 2. The number of rotatable bonds is 5. The minimum Gasteiger partial charge on any atom is -0.325 e. The maximum atomic E-state index is 12.8. The number of nitrogens with zero attached hydrogens (tertiary/aromatic N) is 2. The molecule has 1 aliphatic carbocycles. The molecule has 0 aliphatic heterocycles. The molecule has 0 radical (unpaired) electrons. The van der Waals surface area contributed by atoms with Gasteiger partial charge < -0.3 is 15.5 Å². The smallest absolute Gasteiger partial charge is 0.258 e. The molecule has 2 aromatic rings. The Hall–Kier alpha value is -2.15. The number of halogens is 2. The second-order valence-electron chi connectivity index (χ2n) is 7.46. The lowest BCUT2D eigenvalue weighted by Crippen LogP contribution is -2.35. The third-order valence-corrected chi connectivity index (χ3v) is 5.71. The van der Waals surface area contributed by atoms with Gasteiger partial charge in [-0.3, -0.25) is 9.59 Å². The maximum Gasteiger partial charge on any atom is 0.258 e. The Labute approximate surface area is 180 Å². The number of hydrogen-bond donors (Lipinski definition) is 2. The lowest BCUT2D eigenvalue weighted by atomic mass is 9.85. The molecule has 1 aromatic heterocycles. The summed E-state index contributed by atoms with van der Waals surface area (Å²) in [6, 6.07) is 8.59. The number of anilines is 2. The van der Waals surface area contributed by atoms with Crippen LogP contribution >= 0.6 is 23.2 Å². The fourth-order valence-electron chi connectivity index (χ4n) is 3.54. The normalized spacial score (nSPS) is 19.1. The van der Waals surface area contributed by atoms with Gasteiger partial charge in [-0.15, -0.1) is 0 Å². The number of pyridine rings is 1. The molecule has 0 spiro atoms. The summed E-state index contributed by atoms with van der Waals surface area (Å²) in [5.74, 6) is -0.175. The quantitative estimate of drug-likeness (QED) is 0.714. The van der Waals surface area contributed by atoms with Crippen LogP contribution in [0.5, 0.6) is 0 Å². The van der Waals surface area contributed by atoms with Crippen LogP contribution in [0.1, 0.15) is 36.0 Å². The topological polar surface area (TPSA) is 74.3 Å². The van der Waals surface area contributed by atoms with Gasteiger partial charge in [-0.25, -0.2) is 4.98 Å². The zero-order valence-corrected chi connectivity index (χ0v) is 17.9. The first-order valence-electron chi connectivity index (χ1n) is 9.53. The van der Waals surface area contributed by atoms with Crippen LogP contribution in [0.15, 0.2) is 36.5 Å². The lowest BCUT2D eigenvalue weighted by molar-refractivity contribution is -0.121. The molecule has 1 aromatic carbocycles. The molecule has 1 heterocycles. The second kappa shape index (κ2) is 9.57. The van der Waals surface area contributed by atoms with Crippen molar-refractivity contribution < 1.29 is 9.59 Å². The van der Waals surface area contributed by atoms with E-state index in [2.05, 4.69) is 34.6 Å². The molecule has 1 fully saturated rings. The first-order chi connectivity index (χ1) is 13.8. The van der Waals surface area contributed by atoms with Gasteiger partial charge in [0, 0.05) is 23.2 Å². The van der Waals surface area contributed by atoms with Crippen LogP contribution in [0.3, 0.4) is 0 Å². The Morgan fingerprint density at radius 1 is 1.00 bits per heavy atom. The molecule has 0 unspecified atom stereocenters. The summed E-state index contributed by atoms with van der Waals surface area (Å²) in [6.45, 7) is 0. The predicted molar refractivity (Wildman–Crippen MR) is 117 cm³/mol. The standard InChI is InChI=1S/C21H24Cl2N4O2/c1-27(2)16-7-3-13(4-8-16)20(28)25-18-9-5-14(22)11-17(18)21(29)26-19-10-6-15(23)12-24-19/h5-6,9-13,16H,3-4,7-8H2,1-2H3,(H,25,28)(H,24,26,29). The highest BCUT2D eigenvalue weighted by Crippen LogP contribution is 2.29. The third kappa shape index (κ3) is 5.69. The molecule has 154 valence electrons. The van der Waals surface area contributed by atoms with Crippen LogP contribution in [-0.2, 0) is 4.79 Å². The minimum absolute atomic E-state index is 0.0595. The number of carbonyl (C=O) groups excluding carboxylic acids is 2. The fraction of sp³-hybridized carbons (Fsp3) is 0.381. The van der Waals surface area contributed by atoms with Crippen molar-refractivity contribution >= 4 is 46.5 Å². The van der Waals surface area contributed by atoms with Crippen molar-refractivity contribution in [2.24, 2.45) is 5.92 Å². The van der Waals surface area contributed by atoms with Gasteiger partial charge in [0.2, 0.25) is 5.91 Å². The summed E-state index contributed by atoms with van der Waals surface area (Å²) in [4.78, 5) is 31.8. The van der Waals surface area contributed by atoms with E-state index < -0.39 is 5.91 Å². The van der Waals surface area contributed by atoms with Gasteiger partial charge in [0.1, 0.15) is 5.82 Å². The lowest BCUT2D eigenvalue weighted by Gasteiger charge is -2.32. The molecule has 8 heteroatoms. The van der Waals surface area contributed by atoms with E-state index in [9.17, 15) is 9.59 Å². The van der Waals surface area contributed by atoms with E-state index in [1.807, 2.05) is 0 Å². The van der Waals surface area contributed by atoms with Crippen molar-refractivity contribution in [1.82, 2.24) is 9.88 Å². The predicted octanol–water partition coefficient (Wildman–Crippen LogP) is 4.70. The molecule has 2 amide bonds. The van der Waals surface area contributed by atoms with Gasteiger partial charge in [-0.2, -0.15) is 0 Å². The Morgan fingerprint density at radius 3 is 2.31 bits per heavy atom. The first kappa shape index (κ1) is 21.6. The highest BCUT2D eigenvalue weighted by molar-refractivity contribution is 6.31. The first-order valence-corrected chi connectivity index (χ1v) is 10.3. The monoisotopic (exact) mass is 434 g/mol. The molecular formula is C21H24Cl2N4O2. The average molecular weight is 435 g/mol. The summed E-state index contributed by atoms with van der Waals surface area (Å²) < 4.78 is 0. The van der Waals surface area contributed by atoms with Crippen molar-refractivity contribution in [1.29, 1.82) is 0 Å². The van der Waals surface area contributed by atoms with Crippen molar-refractivity contribution in [3.05, 3.63) is 52.1 Å². The van der Waals surface area contributed by atoms with Crippen molar-refractivity contribution in [3.63, 3.8) is 0 Å². The highest BCUT2D eigenvalue weighted by Gasteiger charge is 2.28. The molecule has 0 bridgehead atoms. The van der Waals surface area contributed by atoms with Gasteiger partial charge >= 0.3 is 0 Å². The van der Waals surface area contributed by atoms with Gasteiger partial charge in [-0.05, 0) is 70.1 Å². The summed E-state index contributed by atoms with van der Waals surface area (Å²) >= 11 is 11.9. The molecule has 3 rings (SSSR count). The highest BCUT2D eigenvalue weighted by atomic mass is 35.5. The summed E-state index contributed by atoms with van der Waals surface area (Å²) in [5, 5.41) is 6.49. The number of hydrogen-bond acceptors (Lipinski definition) is 4. The Bertz CT molecular complexity index is 879. The van der Waals surface area contributed by atoms with Gasteiger partial charge in [0.05, 0.1) is 16.3 Å². The summed E-state index contributed by atoms with van der Waals surface area (Å²) in [6.07, 6.45) is 5.08. The van der Waals surface area contributed by atoms with Crippen molar-refractivity contribution in [2.45, 2.75) is 31.7 Å². The zero-order valence-electron chi connectivity index (χ0n) is 16.4. The molecule has 29 heavy (non-hydrogen) atoms. The van der Waals surface area contributed by atoms with E-state index in [1.165, 1.54) is 12.3 Å². The number of benzene rings is 1. The molecule has 6 nitrogen and oxygen atoms in total. The number of aromatic nitrogens is 1. The summed E-state index contributed by atoms with van der Waals surface area (Å²) in [5.41, 5.74) is 0.713. The molecule has 1 saturated carbocycles. The molecular weight excluding hydrogens is 411 g/mol. The SMILES string of the molecule is CN(C)C1CCC(C(=O)Nc2ccc(Cl)cc2C(=O)Nc2ccc(Cl)cn2)CC1. The minimum atomic E-state index is -0.408. The van der Waals surface area contributed by atoms with Crippen LogP contribution in [-0.4, -0.2) is 41.8 Å². The zero-order chi connectivity index (χ0) is 21.0. The van der Waals surface area contributed by atoms with Crippen LogP contribution in [0.4, 0.5) is 11.5 Å². The van der Waals surface area contributed by atoms with E-state index in [0.717, 1.165) is 25.7 Å². The van der Waals surface area contributed by atoms with Gasteiger partial charge in [0.15, 0.2) is 0 Å². The average Bonchev–Trinajstić information content (AvgIpc) is 2.71. The van der Waals surface area contributed by atoms with Gasteiger partial charge in [-0.1, -0.05) is 23.2 Å². The largest absolute Gasteiger partial charge is 0.325 e. The van der Waals surface area contributed by atoms with E-state index in [0.29, 0.717) is 27.6 Å². The molecule has 0 saturated heterocycles. The van der Waals surface area contributed by atoms with Crippen molar-refractivity contribution in [2.75, 3.05) is 24.7 Å². The van der Waals surface area contributed by atoms with Crippen LogP contribution < -0.4 is 10.6 Å². The van der Waals surface area contributed by atoms with Crippen LogP contribution in [0, 0.1) is 5.92 Å². The second-order valence-corrected chi connectivity index (χ2v) is 8.34. The number of amides is 2. The summed E-state index contributed by atoms with van der Waals surface area (Å²) in [7, 11) is 4.14. The molecule has 0 atom stereocenters. The van der Waals surface area contributed by atoms with Crippen LogP contribution in [0.2, 0.25) is 10.0 Å². The maximum absolute atomic E-state index is 12.8. The van der Waals surface area contributed by atoms with Crippen LogP contribution in [0.25, 0.3) is 0 Å². The van der Waals surface area contributed by atoms with E-state index >= 15 is 0 Å². The molecule has 2 N–H and O–H groups in total. The Kier molecular flexibility index (Phi) is 7.11. The van der Waals surface area contributed by atoms with Gasteiger partial charge in [0.25, 0.3) is 5.91 Å². The van der Waals surface area contributed by atoms with E-state index in [-0.39, 0.29) is 17.4 Å². The Morgan fingerprint density at radius 2 is 1.69 bits per heavy atom. The Balaban J connectivity index is 1.70. The molecule has 1 aliphatic rings. The van der Waals surface area contributed by atoms with E-state index in [4.69, 9.17) is 23.2 Å².